The molecule has 1 heterocycles. The van der Waals surface area contributed by atoms with Gasteiger partial charge in [0, 0.05) is 0 Å². The lowest BCUT2D eigenvalue weighted by atomic mass is 9.89. The van der Waals surface area contributed by atoms with E-state index in [1.807, 2.05) is 48.5 Å². The molecule has 0 atom stereocenters. The summed E-state index contributed by atoms with van der Waals surface area (Å²) in [4.78, 5) is 0. The summed E-state index contributed by atoms with van der Waals surface area (Å²) in [6.07, 6.45) is 11.5. The molecule has 42 heavy (non-hydrogen) atoms. The van der Waals surface area contributed by atoms with E-state index in [0.29, 0.717) is 63.5 Å². The minimum Gasteiger partial charge on any atom is -0.487 e. The van der Waals surface area contributed by atoms with Crippen LogP contribution in [-0.4, -0.2) is 51.8 Å². The topological polar surface area (TPSA) is 55.4 Å². The Kier molecular flexibility index (Phi) is 16.1. The second kappa shape index (κ2) is 19.8. The van der Waals surface area contributed by atoms with Crippen molar-refractivity contribution >= 4 is 0 Å². The van der Waals surface area contributed by atoms with Gasteiger partial charge >= 0.3 is 0 Å². The molecule has 0 fully saturated rings. The van der Waals surface area contributed by atoms with Crippen LogP contribution in [0.5, 0.6) is 23.0 Å². The van der Waals surface area contributed by atoms with Crippen molar-refractivity contribution < 1.29 is 28.4 Å². The third kappa shape index (κ3) is 13.4. The fraction of sp³-hybridized carbons (Fsp3) is 0.667. The molecule has 6 nitrogen and oxygen atoms in total. The molecule has 2 aromatic rings. The zero-order valence-electron chi connectivity index (χ0n) is 26.7. The molecule has 0 spiro atoms. The Morgan fingerprint density at radius 3 is 1.60 bits per heavy atom. The molecule has 0 aromatic heterocycles. The summed E-state index contributed by atoms with van der Waals surface area (Å²) in [5, 5.41) is 0. The van der Waals surface area contributed by atoms with Gasteiger partial charge in [0.15, 0.2) is 23.0 Å². The van der Waals surface area contributed by atoms with Crippen molar-refractivity contribution in [3.63, 3.8) is 0 Å². The van der Waals surface area contributed by atoms with Crippen molar-refractivity contribution in [2.45, 2.75) is 97.5 Å². The van der Waals surface area contributed by atoms with Crippen molar-refractivity contribution in [2.75, 3.05) is 46.2 Å². The molecular weight excluding hydrogens is 528 g/mol. The lowest BCUT2D eigenvalue weighted by Gasteiger charge is -2.35. The van der Waals surface area contributed by atoms with Crippen LogP contribution in [0.4, 0.5) is 0 Å². The van der Waals surface area contributed by atoms with Gasteiger partial charge in [-0.25, -0.2) is 0 Å². The second-order valence-corrected chi connectivity index (χ2v) is 12.4. The number of hydrogen-bond acceptors (Lipinski definition) is 6. The maximum atomic E-state index is 7.05. The zero-order chi connectivity index (χ0) is 29.9. The van der Waals surface area contributed by atoms with Gasteiger partial charge < -0.3 is 28.4 Å². The highest BCUT2D eigenvalue weighted by molar-refractivity contribution is 5.47. The Bertz CT molecular complexity index is 957. The normalized spacial score (nSPS) is 16.8. The van der Waals surface area contributed by atoms with Gasteiger partial charge in [-0.2, -0.15) is 0 Å². The Hall–Kier alpha value is -2.28. The average Bonchev–Trinajstić information content (AvgIpc) is 2.96. The van der Waals surface area contributed by atoms with Crippen LogP contribution in [0.2, 0.25) is 0 Å². The van der Waals surface area contributed by atoms with E-state index >= 15 is 0 Å². The number of rotatable bonds is 12. The van der Waals surface area contributed by atoms with Gasteiger partial charge in [0.2, 0.25) is 0 Å². The first-order chi connectivity index (χ1) is 20.5. The second-order valence-electron chi connectivity index (χ2n) is 12.4. The predicted octanol–water partition coefficient (Wildman–Crippen LogP) is 9.25. The van der Waals surface area contributed by atoms with Crippen molar-refractivity contribution in [3.8, 4) is 23.0 Å². The largest absolute Gasteiger partial charge is 0.487 e. The fourth-order valence-corrected chi connectivity index (χ4v) is 5.29. The average molecular weight is 585 g/mol. The Morgan fingerprint density at radius 2 is 1.02 bits per heavy atom. The Balaban J connectivity index is 1.85. The van der Waals surface area contributed by atoms with Crippen LogP contribution in [0.15, 0.2) is 48.5 Å². The minimum absolute atomic E-state index is 0.429. The van der Waals surface area contributed by atoms with Gasteiger partial charge in [0.1, 0.15) is 12.2 Å². The van der Waals surface area contributed by atoms with Crippen LogP contribution >= 0.6 is 0 Å². The lowest BCUT2D eigenvalue weighted by molar-refractivity contribution is -0.0581. The fourth-order valence-electron chi connectivity index (χ4n) is 5.29. The van der Waals surface area contributed by atoms with E-state index < -0.39 is 5.60 Å². The van der Waals surface area contributed by atoms with Crippen LogP contribution < -0.4 is 14.2 Å². The molecule has 6 heteroatoms. The standard InChI is InChI=1S/C36H56O6/c1-30(2)15-7-5-13-21-36(22-14-6-8-16-31(3)4)29-39-26-25-37-23-24-38-27-28-40-32-17-9-10-18-33(32)41-34-19-11-12-20-35(34)42-36/h9-12,17-20,30-31H,5-8,13-16,21-29H2,1-4H3. The summed E-state index contributed by atoms with van der Waals surface area (Å²) >= 11 is 0. The summed E-state index contributed by atoms with van der Waals surface area (Å²) in [5.41, 5.74) is -0.445. The molecule has 1 aliphatic heterocycles. The zero-order valence-corrected chi connectivity index (χ0v) is 26.7. The van der Waals surface area contributed by atoms with Crippen LogP contribution in [-0.2, 0) is 14.2 Å². The summed E-state index contributed by atoms with van der Waals surface area (Å²) in [5.74, 6) is 4.22. The van der Waals surface area contributed by atoms with E-state index in [1.54, 1.807) is 0 Å². The van der Waals surface area contributed by atoms with Gasteiger partial charge in [-0.15, -0.1) is 0 Å². The molecule has 0 saturated carbocycles. The molecule has 0 aliphatic carbocycles. The molecule has 0 saturated heterocycles. The molecule has 0 radical (unpaired) electrons. The van der Waals surface area contributed by atoms with Crippen LogP contribution in [0.1, 0.15) is 91.9 Å². The molecule has 236 valence electrons. The maximum Gasteiger partial charge on any atom is 0.169 e. The van der Waals surface area contributed by atoms with E-state index in [1.165, 1.54) is 38.5 Å². The first-order valence-corrected chi connectivity index (χ1v) is 16.4. The first-order valence-electron chi connectivity index (χ1n) is 16.4. The van der Waals surface area contributed by atoms with Crippen molar-refractivity contribution in [3.05, 3.63) is 48.5 Å². The SMILES string of the molecule is CC(C)CCCCCC1(CCCCCC(C)C)COCCOCCOCCOc2ccccc2Oc2ccccc2O1. The van der Waals surface area contributed by atoms with E-state index in [4.69, 9.17) is 28.4 Å². The number of hydrogen-bond donors (Lipinski definition) is 0. The van der Waals surface area contributed by atoms with E-state index in [0.717, 1.165) is 43.3 Å². The van der Waals surface area contributed by atoms with Gasteiger partial charge in [-0.1, -0.05) is 90.5 Å². The summed E-state index contributed by atoms with van der Waals surface area (Å²) < 4.78 is 37.3. The summed E-state index contributed by atoms with van der Waals surface area (Å²) in [7, 11) is 0. The molecule has 0 amide bonds. The van der Waals surface area contributed by atoms with Gasteiger partial charge in [0.25, 0.3) is 0 Å². The monoisotopic (exact) mass is 584 g/mol. The lowest BCUT2D eigenvalue weighted by Crippen LogP contribution is -2.42. The minimum atomic E-state index is -0.445. The van der Waals surface area contributed by atoms with Crippen molar-refractivity contribution in [2.24, 2.45) is 11.8 Å². The van der Waals surface area contributed by atoms with Crippen LogP contribution in [0.25, 0.3) is 0 Å². The van der Waals surface area contributed by atoms with E-state index in [-0.39, 0.29) is 0 Å². The molecule has 3 rings (SSSR count). The Labute approximate surface area is 255 Å². The van der Waals surface area contributed by atoms with Crippen molar-refractivity contribution in [1.29, 1.82) is 0 Å². The highest BCUT2D eigenvalue weighted by Crippen LogP contribution is 2.39. The van der Waals surface area contributed by atoms with Gasteiger partial charge in [-0.05, 0) is 61.8 Å². The Morgan fingerprint density at radius 1 is 0.548 bits per heavy atom. The highest BCUT2D eigenvalue weighted by Gasteiger charge is 2.33. The number of ether oxygens (including phenoxy) is 6. The van der Waals surface area contributed by atoms with E-state index in [9.17, 15) is 0 Å². The van der Waals surface area contributed by atoms with Gasteiger partial charge in [-0.3, -0.25) is 0 Å². The maximum absolute atomic E-state index is 7.05. The number of fused-ring (bicyclic) bond motifs is 2. The highest BCUT2D eigenvalue weighted by atomic mass is 16.6. The number of unbranched alkanes of at least 4 members (excludes halogenated alkanes) is 4. The summed E-state index contributed by atoms with van der Waals surface area (Å²) in [6.45, 7) is 12.7. The number of benzene rings is 2. The smallest absolute Gasteiger partial charge is 0.169 e. The summed E-state index contributed by atoms with van der Waals surface area (Å²) in [6, 6.07) is 15.7. The third-order valence-corrected chi connectivity index (χ3v) is 7.67. The van der Waals surface area contributed by atoms with Gasteiger partial charge in [0.05, 0.1) is 39.6 Å². The van der Waals surface area contributed by atoms with E-state index in [2.05, 4.69) is 27.7 Å². The molecule has 2 aromatic carbocycles. The molecule has 0 unspecified atom stereocenters. The first kappa shape index (κ1) is 34.2. The molecule has 0 bridgehead atoms. The quantitative estimate of drug-likeness (QED) is 0.232. The van der Waals surface area contributed by atoms with Crippen LogP contribution in [0.3, 0.4) is 0 Å². The molecule has 1 aliphatic rings. The predicted molar refractivity (Wildman–Crippen MR) is 170 cm³/mol. The molecular formula is C36H56O6. The molecule has 0 N–H and O–H groups in total. The van der Waals surface area contributed by atoms with Crippen molar-refractivity contribution in [1.82, 2.24) is 0 Å². The third-order valence-electron chi connectivity index (χ3n) is 7.67. The van der Waals surface area contributed by atoms with Crippen LogP contribution in [0, 0.1) is 11.8 Å². The number of para-hydroxylation sites is 4.